The molecule has 0 saturated carbocycles. The van der Waals surface area contributed by atoms with Gasteiger partial charge in [-0.2, -0.15) is 0 Å². The second-order valence-corrected chi connectivity index (χ2v) is 6.45. The number of ether oxygens (including phenoxy) is 4. The summed E-state index contributed by atoms with van der Waals surface area (Å²) in [4.78, 5) is 51.3. The molecule has 0 aromatic heterocycles. The van der Waals surface area contributed by atoms with Crippen LogP contribution in [-0.4, -0.2) is 76.5 Å². The number of esters is 4. The minimum absolute atomic E-state index is 0.175. The average Bonchev–Trinajstić information content (AvgIpc) is 2.73. The van der Waals surface area contributed by atoms with Gasteiger partial charge in [0.1, 0.15) is 26.2 Å². The number of anilines is 2. The highest BCUT2D eigenvalue weighted by Gasteiger charge is 2.21. The van der Waals surface area contributed by atoms with Crippen LogP contribution in [0.4, 0.5) is 11.4 Å². The molecule has 1 aromatic carbocycles. The van der Waals surface area contributed by atoms with E-state index in [0.29, 0.717) is 11.4 Å². The highest BCUT2D eigenvalue weighted by atomic mass is 16.5. The fourth-order valence-electron chi connectivity index (χ4n) is 2.81. The summed E-state index contributed by atoms with van der Waals surface area (Å²) in [6.45, 7) is 6.90. The van der Waals surface area contributed by atoms with Gasteiger partial charge in [0.25, 0.3) is 0 Å². The van der Waals surface area contributed by atoms with Crippen LogP contribution in [0.25, 0.3) is 0 Å². The zero-order valence-electron chi connectivity index (χ0n) is 19.1. The molecule has 0 aliphatic carbocycles. The lowest BCUT2D eigenvalue weighted by atomic mass is 10.2. The van der Waals surface area contributed by atoms with Crippen LogP contribution in [0.1, 0.15) is 27.7 Å². The maximum absolute atomic E-state index is 12.1. The summed E-state index contributed by atoms with van der Waals surface area (Å²) in [6, 6.07) is 6.76. The van der Waals surface area contributed by atoms with Crippen molar-refractivity contribution in [2.24, 2.45) is 0 Å². The number of carbonyl (C=O) groups is 4. The largest absolute Gasteiger partial charge is 0.465 e. The summed E-state index contributed by atoms with van der Waals surface area (Å²) in [5.41, 5.74) is 1.03. The van der Waals surface area contributed by atoms with Gasteiger partial charge < -0.3 is 28.7 Å². The summed E-state index contributed by atoms with van der Waals surface area (Å²) in [5, 5.41) is 0. The van der Waals surface area contributed by atoms with Crippen LogP contribution in [0.3, 0.4) is 0 Å². The van der Waals surface area contributed by atoms with E-state index in [1.165, 1.54) is 9.80 Å². The quantitative estimate of drug-likeness (QED) is 0.304. The maximum atomic E-state index is 12.1. The van der Waals surface area contributed by atoms with Crippen molar-refractivity contribution in [2.45, 2.75) is 27.7 Å². The second-order valence-electron chi connectivity index (χ2n) is 6.45. The topological polar surface area (TPSA) is 112 Å². The van der Waals surface area contributed by atoms with Crippen LogP contribution in [0, 0.1) is 0 Å². The van der Waals surface area contributed by atoms with Crippen molar-refractivity contribution in [1.82, 2.24) is 0 Å². The number of benzene rings is 1. The first-order valence-corrected chi connectivity index (χ1v) is 10.6. The normalized spacial score (nSPS) is 10.1. The highest BCUT2D eigenvalue weighted by Crippen LogP contribution is 2.23. The van der Waals surface area contributed by atoms with Crippen molar-refractivity contribution < 1.29 is 38.1 Å². The van der Waals surface area contributed by atoms with E-state index in [9.17, 15) is 19.2 Å². The Morgan fingerprint density at radius 1 is 0.594 bits per heavy atom. The second kappa shape index (κ2) is 14.7. The van der Waals surface area contributed by atoms with E-state index in [-0.39, 0.29) is 52.6 Å². The Morgan fingerprint density at radius 3 is 1.12 bits per heavy atom. The minimum Gasteiger partial charge on any atom is -0.465 e. The lowest BCUT2D eigenvalue weighted by molar-refractivity contribution is -0.144. The van der Waals surface area contributed by atoms with E-state index < -0.39 is 23.9 Å². The molecular weight excluding hydrogens is 420 g/mol. The molecule has 0 heterocycles. The molecule has 0 unspecified atom stereocenters. The van der Waals surface area contributed by atoms with E-state index >= 15 is 0 Å². The lowest BCUT2D eigenvalue weighted by Gasteiger charge is -2.26. The van der Waals surface area contributed by atoms with Gasteiger partial charge >= 0.3 is 23.9 Å². The predicted octanol–water partition coefficient (Wildman–Crippen LogP) is 1.55. The fourth-order valence-corrected chi connectivity index (χ4v) is 2.81. The van der Waals surface area contributed by atoms with Crippen molar-refractivity contribution in [1.29, 1.82) is 0 Å². The first-order valence-electron chi connectivity index (χ1n) is 10.6. The van der Waals surface area contributed by atoms with E-state index in [1.54, 1.807) is 52.0 Å². The first-order chi connectivity index (χ1) is 15.3. The molecule has 1 aromatic rings. The average molecular weight is 453 g/mol. The van der Waals surface area contributed by atoms with E-state index in [0.717, 1.165) is 0 Å². The Bertz CT molecular complexity index is 669. The first kappa shape index (κ1) is 26.7. The molecule has 0 aliphatic rings. The van der Waals surface area contributed by atoms with Crippen LogP contribution < -0.4 is 9.80 Å². The van der Waals surface area contributed by atoms with E-state index in [2.05, 4.69) is 0 Å². The van der Waals surface area contributed by atoms with Crippen LogP contribution in [0.5, 0.6) is 0 Å². The van der Waals surface area contributed by atoms with Crippen molar-refractivity contribution in [3.8, 4) is 0 Å². The standard InChI is InChI=1S/C22H32N2O8/c1-5-29-19(25)13-23(14-20(26)30-6-2)17-10-9-11-18(12-17)24(15-21(27)31-7-3)16-22(28)32-8-4/h9-12H,5-8,13-16H2,1-4H3. The predicted molar refractivity (Wildman–Crippen MR) is 117 cm³/mol. The summed E-state index contributed by atoms with van der Waals surface area (Å²) >= 11 is 0. The number of rotatable bonds is 14. The molecule has 0 amide bonds. The zero-order valence-corrected chi connectivity index (χ0v) is 19.1. The Kier molecular flexibility index (Phi) is 12.2. The van der Waals surface area contributed by atoms with E-state index in [4.69, 9.17) is 18.9 Å². The molecule has 0 fully saturated rings. The van der Waals surface area contributed by atoms with Crippen molar-refractivity contribution >= 4 is 35.3 Å². The van der Waals surface area contributed by atoms with Crippen molar-refractivity contribution in [3.63, 3.8) is 0 Å². The number of carbonyl (C=O) groups excluding carboxylic acids is 4. The third-order valence-electron chi connectivity index (χ3n) is 4.06. The Labute approximate surface area is 188 Å². The summed E-state index contributed by atoms with van der Waals surface area (Å²) in [6.07, 6.45) is 0. The molecule has 0 atom stereocenters. The summed E-state index contributed by atoms with van der Waals surface area (Å²) in [5.74, 6) is -2.01. The maximum Gasteiger partial charge on any atom is 0.325 e. The monoisotopic (exact) mass is 452 g/mol. The molecule has 10 heteroatoms. The van der Waals surface area contributed by atoms with Gasteiger partial charge in [-0.15, -0.1) is 0 Å². The molecule has 0 bridgehead atoms. The van der Waals surface area contributed by atoms with Gasteiger partial charge in [-0.05, 0) is 45.9 Å². The van der Waals surface area contributed by atoms with Crippen LogP contribution in [-0.2, 0) is 38.1 Å². The van der Waals surface area contributed by atoms with Gasteiger partial charge in [0, 0.05) is 11.4 Å². The fraction of sp³-hybridized carbons (Fsp3) is 0.545. The molecule has 32 heavy (non-hydrogen) atoms. The molecule has 0 spiro atoms. The Hall–Kier alpha value is -3.30. The van der Waals surface area contributed by atoms with Gasteiger partial charge in [-0.3, -0.25) is 19.2 Å². The SMILES string of the molecule is CCOC(=O)CN(CC(=O)OCC)c1cccc(N(CC(=O)OCC)CC(=O)OCC)c1. The van der Waals surface area contributed by atoms with Gasteiger partial charge in [-0.1, -0.05) is 6.07 Å². The molecule has 1 rings (SSSR count). The molecule has 0 N–H and O–H groups in total. The van der Waals surface area contributed by atoms with Gasteiger partial charge in [0.15, 0.2) is 0 Å². The molecule has 0 aliphatic heterocycles. The third kappa shape index (κ3) is 9.67. The van der Waals surface area contributed by atoms with Gasteiger partial charge in [0.2, 0.25) is 0 Å². The third-order valence-corrected chi connectivity index (χ3v) is 4.06. The van der Waals surface area contributed by atoms with Gasteiger partial charge in [0.05, 0.1) is 26.4 Å². The molecule has 178 valence electrons. The zero-order chi connectivity index (χ0) is 23.9. The van der Waals surface area contributed by atoms with E-state index in [1.807, 2.05) is 0 Å². The van der Waals surface area contributed by atoms with Crippen LogP contribution >= 0.6 is 0 Å². The lowest BCUT2D eigenvalue weighted by Crippen LogP contribution is -2.37. The highest BCUT2D eigenvalue weighted by molar-refractivity contribution is 5.84. The minimum atomic E-state index is -0.503. The summed E-state index contributed by atoms with van der Waals surface area (Å²) < 4.78 is 20.0. The molecule has 0 saturated heterocycles. The van der Waals surface area contributed by atoms with Crippen molar-refractivity contribution in [3.05, 3.63) is 24.3 Å². The summed E-state index contributed by atoms with van der Waals surface area (Å²) in [7, 11) is 0. The number of hydrogen-bond donors (Lipinski definition) is 0. The number of nitrogens with zero attached hydrogens (tertiary/aromatic N) is 2. The number of hydrogen-bond acceptors (Lipinski definition) is 10. The Morgan fingerprint density at radius 2 is 0.875 bits per heavy atom. The van der Waals surface area contributed by atoms with Crippen LogP contribution in [0.2, 0.25) is 0 Å². The molecule has 0 radical (unpaired) electrons. The Balaban J connectivity index is 3.20. The smallest absolute Gasteiger partial charge is 0.325 e. The molecular formula is C22H32N2O8. The van der Waals surface area contributed by atoms with Crippen molar-refractivity contribution in [2.75, 3.05) is 62.4 Å². The van der Waals surface area contributed by atoms with Crippen LogP contribution in [0.15, 0.2) is 24.3 Å². The van der Waals surface area contributed by atoms with Gasteiger partial charge in [-0.25, -0.2) is 0 Å². The molecule has 10 nitrogen and oxygen atoms in total.